The Balaban J connectivity index is 1.59. The van der Waals surface area contributed by atoms with Gasteiger partial charge in [0.2, 0.25) is 21.8 Å². The molecule has 1 fully saturated rings. The van der Waals surface area contributed by atoms with Crippen molar-refractivity contribution in [3.8, 4) is 5.75 Å². The highest BCUT2D eigenvalue weighted by molar-refractivity contribution is 7.92. The summed E-state index contributed by atoms with van der Waals surface area (Å²) in [5.74, 6) is -0.578. The van der Waals surface area contributed by atoms with Crippen LogP contribution in [0.1, 0.15) is 49.7 Å². The Morgan fingerprint density at radius 1 is 1.00 bits per heavy atom. The summed E-state index contributed by atoms with van der Waals surface area (Å²) < 4.78 is 46.7. The average Bonchev–Trinajstić information content (AvgIpc) is 3.50. The number of amides is 2. The molecule has 1 aliphatic rings. The van der Waals surface area contributed by atoms with Crippen molar-refractivity contribution in [3.05, 3.63) is 95.8 Å². The zero-order valence-electron chi connectivity index (χ0n) is 24.7. The van der Waals surface area contributed by atoms with Crippen LogP contribution in [0, 0.1) is 5.82 Å². The van der Waals surface area contributed by atoms with Crippen LogP contribution in [0.3, 0.4) is 0 Å². The molecule has 3 aromatic rings. The van der Waals surface area contributed by atoms with Crippen molar-refractivity contribution >= 4 is 27.5 Å². The number of hydrogen-bond acceptors (Lipinski definition) is 5. The first-order valence-electron chi connectivity index (χ1n) is 14.6. The highest BCUT2D eigenvalue weighted by Crippen LogP contribution is 2.25. The van der Waals surface area contributed by atoms with Crippen molar-refractivity contribution < 1.29 is 27.1 Å². The van der Waals surface area contributed by atoms with E-state index in [-0.39, 0.29) is 50.2 Å². The predicted molar refractivity (Wildman–Crippen MR) is 166 cm³/mol. The normalized spacial score (nSPS) is 14.2. The number of methoxy groups -OCH3 is 1. The second kappa shape index (κ2) is 15.0. The zero-order chi connectivity index (χ0) is 30.8. The second-order valence-electron chi connectivity index (χ2n) is 10.9. The quantitative estimate of drug-likeness (QED) is 0.275. The Morgan fingerprint density at radius 2 is 1.70 bits per heavy atom. The van der Waals surface area contributed by atoms with Gasteiger partial charge in [0.1, 0.15) is 17.6 Å². The lowest BCUT2D eigenvalue weighted by Crippen LogP contribution is -2.52. The van der Waals surface area contributed by atoms with Crippen LogP contribution < -0.4 is 14.4 Å². The summed E-state index contributed by atoms with van der Waals surface area (Å²) in [6.07, 6.45) is 5.38. The molecule has 1 saturated carbocycles. The second-order valence-corrected chi connectivity index (χ2v) is 12.9. The topological polar surface area (TPSA) is 96.0 Å². The van der Waals surface area contributed by atoms with Gasteiger partial charge < -0.3 is 15.0 Å². The van der Waals surface area contributed by atoms with E-state index in [0.717, 1.165) is 37.5 Å². The van der Waals surface area contributed by atoms with Gasteiger partial charge in [-0.15, -0.1) is 0 Å². The lowest BCUT2D eigenvalue weighted by atomic mass is 10.0. The molecule has 2 amide bonds. The number of carbonyl (C=O) groups excluding carboxylic acids is 2. The summed E-state index contributed by atoms with van der Waals surface area (Å²) in [6, 6.07) is 21.5. The van der Waals surface area contributed by atoms with E-state index >= 15 is 0 Å². The molecule has 1 atom stereocenters. The summed E-state index contributed by atoms with van der Waals surface area (Å²) in [7, 11) is -2.16. The van der Waals surface area contributed by atoms with Gasteiger partial charge in [0.05, 0.1) is 19.1 Å². The zero-order valence-corrected chi connectivity index (χ0v) is 25.6. The molecule has 0 bridgehead atoms. The lowest BCUT2D eigenvalue weighted by Gasteiger charge is -2.33. The molecule has 0 aliphatic heterocycles. The van der Waals surface area contributed by atoms with E-state index < -0.39 is 21.9 Å². The van der Waals surface area contributed by atoms with Gasteiger partial charge in [-0.2, -0.15) is 0 Å². The van der Waals surface area contributed by atoms with Gasteiger partial charge in [0.25, 0.3) is 0 Å². The molecule has 1 N–H and O–H groups in total. The molecular weight excluding hydrogens is 569 g/mol. The van der Waals surface area contributed by atoms with Gasteiger partial charge in [0, 0.05) is 43.6 Å². The minimum absolute atomic E-state index is 0.0353. The van der Waals surface area contributed by atoms with E-state index in [1.165, 1.54) is 22.4 Å². The predicted octanol–water partition coefficient (Wildman–Crippen LogP) is 5.08. The highest BCUT2D eigenvalue weighted by Gasteiger charge is 2.32. The maximum absolute atomic E-state index is 14.8. The van der Waals surface area contributed by atoms with Crippen molar-refractivity contribution in [2.45, 2.75) is 63.6 Å². The number of ether oxygens (including phenoxy) is 1. The van der Waals surface area contributed by atoms with Crippen LogP contribution in [0.2, 0.25) is 0 Å². The summed E-state index contributed by atoms with van der Waals surface area (Å²) in [5.41, 5.74) is 1.61. The van der Waals surface area contributed by atoms with Crippen molar-refractivity contribution in [3.63, 3.8) is 0 Å². The average molecular weight is 610 g/mol. The minimum atomic E-state index is -3.66. The van der Waals surface area contributed by atoms with Gasteiger partial charge in [-0.3, -0.25) is 13.9 Å². The first-order chi connectivity index (χ1) is 20.7. The van der Waals surface area contributed by atoms with E-state index in [4.69, 9.17) is 4.74 Å². The molecule has 10 heteroatoms. The van der Waals surface area contributed by atoms with Gasteiger partial charge in [-0.25, -0.2) is 12.8 Å². The van der Waals surface area contributed by atoms with Crippen molar-refractivity contribution in [1.29, 1.82) is 0 Å². The third-order valence-corrected chi connectivity index (χ3v) is 8.96. The molecule has 0 saturated heterocycles. The number of nitrogens with zero attached hydrogens (tertiary/aromatic N) is 2. The summed E-state index contributed by atoms with van der Waals surface area (Å²) in [6.45, 7) is -0.0460. The smallest absolute Gasteiger partial charge is 0.243 e. The summed E-state index contributed by atoms with van der Waals surface area (Å²) >= 11 is 0. The van der Waals surface area contributed by atoms with Crippen molar-refractivity contribution in [1.82, 2.24) is 10.2 Å². The van der Waals surface area contributed by atoms with Gasteiger partial charge in [-0.05, 0) is 43.0 Å². The largest absolute Gasteiger partial charge is 0.497 e. The fraction of sp³-hybridized carbons (Fsp3) is 0.394. The van der Waals surface area contributed by atoms with Crippen LogP contribution in [0.5, 0.6) is 5.75 Å². The molecule has 0 spiro atoms. The Bertz CT molecular complexity index is 1480. The number of rotatable bonds is 14. The monoisotopic (exact) mass is 609 g/mol. The number of benzene rings is 3. The molecule has 8 nitrogen and oxygen atoms in total. The van der Waals surface area contributed by atoms with Crippen LogP contribution >= 0.6 is 0 Å². The molecule has 0 aromatic heterocycles. The number of carbonyl (C=O) groups is 2. The molecule has 43 heavy (non-hydrogen) atoms. The number of sulfonamides is 1. The van der Waals surface area contributed by atoms with Crippen LogP contribution in [0.4, 0.5) is 10.1 Å². The third kappa shape index (κ3) is 9.03. The minimum Gasteiger partial charge on any atom is -0.497 e. The number of nitrogens with one attached hydrogen (secondary N) is 1. The van der Waals surface area contributed by atoms with Crippen molar-refractivity contribution in [2.24, 2.45) is 0 Å². The summed E-state index contributed by atoms with van der Waals surface area (Å²) in [4.78, 5) is 29.2. The van der Waals surface area contributed by atoms with Gasteiger partial charge in [-0.1, -0.05) is 67.4 Å². The Morgan fingerprint density at radius 3 is 2.37 bits per heavy atom. The van der Waals surface area contributed by atoms with E-state index in [0.29, 0.717) is 17.0 Å². The van der Waals surface area contributed by atoms with Crippen LogP contribution in [-0.2, 0) is 32.6 Å². The Labute approximate surface area is 253 Å². The fourth-order valence-corrected chi connectivity index (χ4v) is 6.46. The lowest BCUT2D eigenvalue weighted by molar-refractivity contribution is -0.141. The number of halogens is 1. The maximum atomic E-state index is 14.8. The molecule has 1 aliphatic carbocycles. The Kier molecular flexibility index (Phi) is 11.2. The molecule has 230 valence electrons. The van der Waals surface area contributed by atoms with E-state index in [9.17, 15) is 22.4 Å². The maximum Gasteiger partial charge on any atom is 0.243 e. The molecule has 0 heterocycles. The highest BCUT2D eigenvalue weighted by atomic mass is 32.2. The molecule has 1 unspecified atom stereocenters. The Hall–Kier alpha value is -3.92. The van der Waals surface area contributed by atoms with Crippen LogP contribution in [-0.4, -0.2) is 57.1 Å². The van der Waals surface area contributed by atoms with E-state index in [2.05, 4.69) is 5.32 Å². The molecule has 0 radical (unpaired) electrons. The van der Waals surface area contributed by atoms with Gasteiger partial charge >= 0.3 is 0 Å². The van der Waals surface area contributed by atoms with Crippen LogP contribution in [0.15, 0.2) is 78.9 Å². The van der Waals surface area contributed by atoms with Crippen molar-refractivity contribution in [2.75, 3.05) is 24.2 Å². The summed E-state index contributed by atoms with van der Waals surface area (Å²) in [5, 5.41) is 3.14. The molecular formula is C33H40FN3O5S. The third-order valence-electron chi connectivity index (χ3n) is 7.76. The van der Waals surface area contributed by atoms with Gasteiger partial charge in [0.15, 0.2) is 0 Å². The van der Waals surface area contributed by atoms with Crippen LogP contribution in [0.25, 0.3) is 0 Å². The number of hydrogen-bond donors (Lipinski definition) is 1. The fourth-order valence-electron chi connectivity index (χ4n) is 5.50. The first kappa shape index (κ1) is 32.0. The number of anilines is 1. The molecule has 4 rings (SSSR count). The SMILES string of the molecule is COc1cccc(N(CCCC(=O)N(Cc2ccccc2F)C(Cc2ccccc2)C(=O)NC2CCCC2)S(C)(=O)=O)c1. The standard InChI is InChI=1S/C33H40FN3O5S/c1-42-29-18-10-17-28(23-29)37(43(2,40)41)21-11-20-32(38)36(24-26-14-6-9-19-30(26)34)31(22-25-12-4-3-5-13-25)33(39)35-27-15-7-8-16-27/h3-6,9-10,12-14,17-19,23,27,31H,7-8,11,15-16,20-22,24H2,1-2H3,(H,35,39). The molecule has 3 aromatic carbocycles. The van der Waals surface area contributed by atoms with E-state index in [1.54, 1.807) is 42.5 Å². The van der Waals surface area contributed by atoms with E-state index in [1.807, 2.05) is 30.3 Å². The first-order valence-corrected chi connectivity index (χ1v) is 16.5.